The summed E-state index contributed by atoms with van der Waals surface area (Å²) >= 11 is 1.48. The van der Waals surface area contributed by atoms with Gasteiger partial charge in [0, 0.05) is 11.8 Å². The van der Waals surface area contributed by atoms with E-state index in [0.29, 0.717) is 11.8 Å². The summed E-state index contributed by atoms with van der Waals surface area (Å²) in [5, 5.41) is 8.67. The Morgan fingerprint density at radius 3 is 2.63 bits per heavy atom. The average molecular weight is 307 g/mol. The highest BCUT2D eigenvalue weighted by atomic mass is 32.2. The van der Waals surface area contributed by atoms with Crippen molar-refractivity contribution in [3.8, 4) is 0 Å². The van der Waals surface area contributed by atoms with Crippen LogP contribution in [0.3, 0.4) is 0 Å². The standard InChI is InChI=1S/C11H14FNO4S2/c1-7(6-18-2)13-19(16,17)8-3-4-9(11(14)15)10(12)5-8/h3-5,7,13H,6H2,1-2H3,(H,14,15). The number of sulfonamides is 1. The topological polar surface area (TPSA) is 83.5 Å². The lowest BCUT2D eigenvalue weighted by molar-refractivity contribution is 0.0691. The minimum Gasteiger partial charge on any atom is -0.478 e. The molecule has 0 radical (unpaired) electrons. The van der Waals surface area contributed by atoms with Crippen LogP contribution in [-0.2, 0) is 10.0 Å². The summed E-state index contributed by atoms with van der Waals surface area (Å²) in [6.45, 7) is 1.69. The number of hydrogen-bond acceptors (Lipinski definition) is 4. The number of aromatic carboxylic acids is 1. The summed E-state index contributed by atoms with van der Waals surface area (Å²) in [6.07, 6.45) is 1.84. The van der Waals surface area contributed by atoms with Crippen molar-refractivity contribution >= 4 is 27.8 Å². The molecule has 106 valence electrons. The monoisotopic (exact) mass is 307 g/mol. The van der Waals surface area contributed by atoms with Crippen molar-refractivity contribution in [3.05, 3.63) is 29.6 Å². The average Bonchev–Trinajstić information content (AvgIpc) is 2.27. The van der Waals surface area contributed by atoms with E-state index in [1.165, 1.54) is 11.8 Å². The fraction of sp³-hybridized carbons (Fsp3) is 0.364. The van der Waals surface area contributed by atoms with Gasteiger partial charge in [0.2, 0.25) is 10.0 Å². The number of rotatable bonds is 6. The molecule has 5 nitrogen and oxygen atoms in total. The van der Waals surface area contributed by atoms with Crippen LogP contribution in [0.2, 0.25) is 0 Å². The second kappa shape index (κ2) is 6.36. The van der Waals surface area contributed by atoms with Crippen LogP contribution < -0.4 is 4.72 Å². The summed E-state index contributed by atoms with van der Waals surface area (Å²) in [5.74, 6) is -1.94. The first kappa shape index (κ1) is 15.9. The van der Waals surface area contributed by atoms with Gasteiger partial charge in [-0.2, -0.15) is 11.8 Å². The minimum absolute atomic E-state index is 0.289. The first-order chi connectivity index (χ1) is 8.77. The second-order valence-corrected chi connectivity index (χ2v) is 6.55. The van der Waals surface area contributed by atoms with E-state index < -0.39 is 27.4 Å². The number of hydrogen-bond donors (Lipinski definition) is 2. The molecule has 0 spiro atoms. The molecule has 0 aliphatic heterocycles. The fourth-order valence-electron chi connectivity index (χ4n) is 1.45. The van der Waals surface area contributed by atoms with Crippen molar-refractivity contribution in [2.45, 2.75) is 17.9 Å². The summed E-state index contributed by atoms with van der Waals surface area (Å²) in [7, 11) is -3.84. The van der Waals surface area contributed by atoms with Gasteiger partial charge in [0.25, 0.3) is 0 Å². The number of carboxylic acid groups (broad SMARTS) is 1. The van der Waals surface area contributed by atoms with Crippen molar-refractivity contribution in [1.29, 1.82) is 0 Å². The van der Waals surface area contributed by atoms with Crippen molar-refractivity contribution in [1.82, 2.24) is 4.72 Å². The maximum Gasteiger partial charge on any atom is 0.338 e. The first-order valence-electron chi connectivity index (χ1n) is 5.32. The predicted molar refractivity (Wildman–Crippen MR) is 71.5 cm³/mol. The van der Waals surface area contributed by atoms with Crippen LogP contribution in [0.25, 0.3) is 0 Å². The van der Waals surface area contributed by atoms with E-state index in [4.69, 9.17) is 5.11 Å². The van der Waals surface area contributed by atoms with Crippen LogP contribution in [0.1, 0.15) is 17.3 Å². The summed E-state index contributed by atoms with van der Waals surface area (Å²) in [5.41, 5.74) is -0.559. The van der Waals surface area contributed by atoms with Crippen molar-refractivity contribution < 1.29 is 22.7 Å². The Labute approximate surface area is 115 Å². The van der Waals surface area contributed by atoms with Crippen LogP contribution in [0.4, 0.5) is 4.39 Å². The van der Waals surface area contributed by atoms with Gasteiger partial charge in [0.05, 0.1) is 10.5 Å². The molecule has 1 aromatic rings. The molecule has 1 rings (SSSR count). The molecule has 0 saturated heterocycles. The Bertz CT molecular complexity index is 574. The Hall–Kier alpha value is -1.12. The zero-order valence-corrected chi connectivity index (χ0v) is 12.0. The molecule has 0 aromatic heterocycles. The molecule has 2 N–H and O–H groups in total. The van der Waals surface area contributed by atoms with Crippen LogP contribution in [0, 0.1) is 5.82 Å². The van der Waals surface area contributed by atoms with Crippen molar-refractivity contribution in [3.63, 3.8) is 0 Å². The Morgan fingerprint density at radius 1 is 1.53 bits per heavy atom. The molecule has 1 atom stereocenters. The summed E-state index contributed by atoms with van der Waals surface area (Å²) < 4.78 is 39.7. The summed E-state index contributed by atoms with van der Waals surface area (Å²) in [6, 6.07) is 2.41. The Kier molecular flexibility index (Phi) is 5.33. The molecule has 8 heteroatoms. The van der Waals surface area contributed by atoms with E-state index in [1.807, 2.05) is 6.26 Å². The molecular weight excluding hydrogens is 293 g/mol. The molecule has 0 aliphatic carbocycles. The molecule has 0 saturated carbocycles. The van der Waals surface area contributed by atoms with Gasteiger partial charge in [-0.25, -0.2) is 22.3 Å². The number of nitrogens with one attached hydrogen (secondary N) is 1. The van der Waals surface area contributed by atoms with E-state index in [2.05, 4.69) is 4.72 Å². The largest absolute Gasteiger partial charge is 0.478 e. The quantitative estimate of drug-likeness (QED) is 0.833. The van der Waals surface area contributed by atoms with Crippen molar-refractivity contribution in [2.75, 3.05) is 12.0 Å². The highest BCUT2D eigenvalue weighted by Gasteiger charge is 2.20. The van der Waals surface area contributed by atoms with Gasteiger partial charge < -0.3 is 5.11 Å². The molecule has 0 amide bonds. The van der Waals surface area contributed by atoms with Gasteiger partial charge in [-0.15, -0.1) is 0 Å². The Balaban J connectivity index is 3.03. The van der Waals surface area contributed by atoms with E-state index >= 15 is 0 Å². The molecule has 19 heavy (non-hydrogen) atoms. The third-order valence-electron chi connectivity index (χ3n) is 2.25. The van der Waals surface area contributed by atoms with E-state index in [1.54, 1.807) is 6.92 Å². The molecule has 1 aromatic carbocycles. The maximum absolute atomic E-state index is 13.4. The van der Waals surface area contributed by atoms with E-state index in [0.717, 1.165) is 12.1 Å². The highest BCUT2D eigenvalue weighted by Crippen LogP contribution is 2.15. The third kappa shape index (κ3) is 4.19. The number of thioether (sulfide) groups is 1. The van der Waals surface area contributed by atoms with Gasteiger partial charge in [-0.3, -0.25) is 0 Å². The van der Waals surface area contributed by atoms with Gasteiger partial charge in [0.1, 0.15) is 5.82 Å². The number of carboxylic acids is 1. The first-order valence-corrected chi connectivity index (χ1v) is 8.19. The van der Waals surface area contributed by atoms with Gasteiger partial charge in [-0.05, 0) is 31.4 Å². The van der Waals surface area contributed by atoms with Crippen LogP contribution in [0.5, 0.6) is 0 Å². The molecule has 0 bridgehead atoms. The predicted octanol–water partition coefficient (Wildman–Crippen LogP) is 1.55. The maximum atomic E-state index is 13.4. The van der Waals surface area contributed by atoms with Crippen LogP contribution in [0.15, 0.2) is 23.1 Å². The lowest BCUT2D eigenvalue weighted by atomic mass is 10.2. The molecular formula is C11H14FNO4S2. The highest BCUT2D eigenvalue weighted by molar-refractivity contribution is 7.98. The third-order valence-corrected chi connectivity index (χ3v) is 4.67. The minimum atomic E-state index is -3.84. The molecule has 0 fully saturated rings. The second-order valence-electron chi connectivity index (χ2n) is 3.92. The SMILES string of the molecule is CSCC(C)NS(=O)(=O)c1ccc(C(=O)O)c(F)c1. The van der Waals surface area contributed by atoms with E-state index in [9.17, 15) is 17.6 Å². The zero-order valence-electron chi connectivity index (χ0n) is 10.4. The smallest absolute Gasteiger partial charge is 0.338 e. The fourth-order valence-corrected chi connectivity index (χ4v) is 3.40. The lowest BCUT2D eigenvalue weighted by Crippen LogP contribution is -2.34. The van der Waals surface area contributed by atoms with Crippen LogP contribution in [-0.4, -0.2) is 37.5 Å². The van der Waals surface area contributed by atoms with Crippen molar-refractivity contribution in [2.24, 2.45) is 0 Å². The van der Waals surface area contributed by atoms with Gasteiger partial charge >= 0.3 is 5.97 Å². The molecule has 1 unspecified atom stereocenters. The lowest BCUT2D eigenvalue weighted by Gasteiger charge is -2.13. The number of benzene rings is 1. The number of carbonyl (C=O) groups is 1. The van der Waals surface area contributed by atoms with Gasteiger partial charge in [-0.1, -0.05) is 0 Å². The van der Waals surface area contributed by atoms with Gasteiger partial charge in [0.15, 0.2) is 0 Å². The van der Waals surface area contributed by atoms with Crippen LogP contribution >= 0.6 is 11.8 Å². The molecule has 0 heterocycles. The Morgan fingerprint density at radius 2 is 2.16 bits per heavy atom. The zero-order chi connectivity index (χ0) is 14.6. The summed E-state index contributed by atoms with van der Waals surface area (Å²) in [4.78, 5) is 10.3. The number of halogens is 1. The normalized spacial score (nSPS) is 13.2. The molecule has 0 aliphatic rings. The van der Waals surface area contributed by atoms with E-state index in [-0.39, 0.29) is 10.9 Å².